The van der Waals surface area contributed by atoms with Crippen LogP contribution in [0.1, 0.15) is 38.5 Å². The lowest BCUT2D eigenvalue weighted by molar-refractivity contribution is -0.337. The molecule has 0 atom stereocenters. The van der Waals surface area contributed by atoms with Crippen LogP contribution in [0.5, 0.6) is 0 Å². The number of halogens is 17. The third kappa shape index (κ3) is 9.87. The van der Waals surface area contributed by atoms with Gasteiger partial charge in [0.2, 0.25) is 0 Å². The lowest BCUT2D eigenvalue weighted by Crippen LogP contribution is -2.56. The summed E-state index contributed by atoms with van der Waals surface area (Å²) in [5.41, 5.74) is 0. The van der Waals surface area contributed by atoms with E-state index >= 15 is 0 Å². The Labute approximate surface area is 226 Å². The summed E-state index contributed by atoms with van der Waals surface area (Å²) in [7, 11) is 0. The van der Waals surface area contributed by atoms with Crippen LogP contribution in [0, 0.1) is 0 Å². The lowest BCUT2D eigenvalue weighted by atomic mass is 9.91. The molecule has 0 radical (unpaired) electrons. The highest BCUT2D eigenvalue weighted by Gasteiger charge is 2.73. The standard InChI is InChI=1S/C21H24F17NO3/c22-14(23,3-1-7-42-13(40)2-4-39-5-8-41-9-6-39)15(24,25)10-16(26,27)17(28,29)11-18(30,31)19(32,33)12-20(34,35)21(36,37)38/h1-12H2. The van der Waals surface area contributed by atoms with E-state index in [1.165, 1.54) is 0 Å². The summed E-state index contributed by atoms with van der Waals surface area (Å²) in [4.78, 5) is 13.4. The summed E-state index contributed by atoms with van der Waals surface area (Å²) in [6.45, 7) is 0.885. The van der Waals surface area contributed by atoms with Crippen molar-refractivity contribution in [3.8, 4) is 0 Å². The van der Waals surface area contributed by atoms with Crippen LogP contribution in [-0.2, 0) is 14.3 Å². The number of alkyl halides is 17. The van der Waals surface area contributed by atoms with Gasteiger partial charge in [0.25, 0.3) is 0 Å². The van der Waals surface area contributed by atoms with Gasteiger partial charge in [-0.15, -0.1) is 0 Å². The number of esters is 1. The van der Waals surface area contributed by atoms with Gasteiger partial charge in [0.05, 0.1) is 45.5 Å². The minimum Gasteiger partial charge on any atom is -0.466 e. The van der Waals surface area contributed by atoms with E-state index in [9.17, 15) is 79.4 Å². The molecule has 0 aromatic heterocycles. The van der Waals surface area contributed by atoms with E-state index in [0.29, 0.717) is 26.3 Å². The summed E-state index contributed by atoms with van der Waals surface area (Å²) in [5.74, 6) is -46.2. The van der Waals surface area contributed by atoms with E-state index in [1.807, 2.05) is 0 Å². The molecule has 21 heteroatoms. The highest BCUT2D eigenvalue weighted by atomic mass is 19.4. The number of nitrogens with zero attached hydrogens (tertiary/aromatic N) is 1. The first kappa shape index (κ1) is 38.2. The van der Waals surface area contributed by atoms with Gasteiger partial charge in [0.1, 0.15) is 0 Å². The predicted molar refractivity (Wildman–Crippen MR) is 107 cm³/mol. The van der Waals surface area contributed by atoms with Crippen LogP contribution in [0.3, 0.4) is 0 Å². The second-order valence-corrected chi connectivity index (χ2v) is 9.49. The Balaban J connectivity index is 2.79. The van der Waals surface area contributed by atoms with E-state index in [0.717, 1.165) is 0 Å². The molecule has 0 amide bonds. The normalized spacial score (nSPS) is 17.5. The van der Waals surface area contributed by atoms with Gasteiger partial charge in [0, 0.05) is 26.1 Å². The van der Waals surface area contributed by atoms with Crippen LogP contribution in [0.25, 0.3) is 0 Å². The van der Waals surface area contributed by atoms with Gasteiger partial charge in [-0.3, -0.25) is 9.69 Å². The van der Waals surface area contributed by atoms with E-state index in [2.05, 4.69) is 4.74 Å². The average Bonchev–Trinajstić information content (AvgIpc) is 2.78. The molecule has 0 spiro atoms. The second kappa shape index (κ2) is 13.1. The average molecular weight is 661 g/mol. The number of ether oxygens (including phenoxy) is 2. The molecule has 250 valence electrons. The molecule has 1 aliphatic heterocycles. The molecular weight excluding hydrogens is 637 g/mol. The maximum absolute atomic E-state index is 13.9. The summed E-state index contributed by atoms with van der Waals surface area (Å²) < 4.78 is 236. The predicted octanol–water partition coefficient (Wildman–Crippen LogP) is 7.21. The lowest BCUT2D eigenvalue weighted by Gasteiger charge is -2.36. The van der Waals surface area contributed by atoms with E-state index < -0.39 is 92.3 Å². The minimum absolute atomic E-state index is 0.162. The second-order valence-electron chi connectivity index (χ2n) is 9.49. The molecule has 4 nitrogen and oxygen atoms in total. The molecule has 0 aliphatic carbocycles. The molecule has 0 saturated carbocycles. The van der Waals surface area contributed by atoms with Crippen molar-refractivity contribution in [2.24, 2.45) is 0 Å². The van der Waals surface area contributed by atoms with Crippen molar-refractivity contribution in [1.29, 1.82) is 0 Å². The highest BCUT2D eigenvalue weighted by Crippen LogP contribution is 2.55. The third-order valence-corrected chi connectivity index (χ3v) is 5.99. The van der Waals surface area contributed by atoms with Gasteiger partial charge in [-0.25, -0.2) is 0 Å². The fourth-order valence-corrected chi connectivity index (χ4v) is 3.39. The van der Waals surface area contributed by atoms with Gasteiger partial charge >= 0.3 is 53.6 Å². The molecule has 0 N–H and O–H groups in total. The minimum atomic E-state index is -6.89. The summed E-state index contributed by atoms with van der Waals surface area (Å²) in [6.07, 6.45) is -22.7. The number of morpholine rings is 1. The van der Waals surface area contributed by atoms with E-state index in [4.69, 9.17) is 4.74 Å². The maximum atomic E-state index is 13.9. The topological polar surface area (TPSA) is 38.8 Å². The van der Waals surface area contributed by atoms with Gasteiger partial charge < -0.3 is 9.47 Å². The highest BCUT2D eigenvalue weighted by molar-refractivity contribution is 5.69. The molecule has 1 rings (SSSR count). The molecule has 1 saturated heterocycles. The SMILES string of the molecule is O=C(CCN1CCOCC1)OCCCC(F)(F)C(F)(F)CC(F)(F)C(F)(F)CC(F)(F)C(F)(F)CC(F)(F)C(F)(F)F. The zero-order valence-corrected chi connectivity index (χ0v) is 21.1. The van der Waals surface area contributed by atoms with Gasteiger partial charge in [-0.1, -0.05) is 0 Å². The molecule has 0 bridgehead atoms. The first-order valence-corrected chi connectivity index (χ1v) is 11.8. The van der Waals surface area contributed by atoms with Gasteiger partial charge in [0.15, 0.2) is 0 Å². The summed E-state index contributed by atoms with van der Waals surface area (Å²) in [6, 6.07) is 0. The van der Waals surface area contributed by atoms with Crippen molar-refractivity contribution in [2.45, 2.75) is 86.2 Å². The van der Waals surface area contributed by atoms with Crippen molar-refractivity contribution in [1.82, 2.24) is 4.90 Å². The number of rotatable bonds is 16. The number of carbonyl (C=O) groups excluding carboxylic acids is 1. The van der Waals surface area contributed by atoms with Crippen molar-refractivity contribution in [2.75, 3.05) is 39.5 Å². The Kier molecular flexibility index (Phi) is 11.9. The molecular formula is C21H24F17NO3. The Morgan fingerprint density at radius 1 is 0.595 bits per heavy atom. The Morgan fingerprint density at radius 2 is 0.976 bits per heavy atom. The Morgan fingerprint density at radius 3 is 1.38 bits per heavy atom. The first-order chi connectivity index (χ1) is 18.6. The molecule has 0 unspecified atom stereocenters. The fraction of sp³-hybridized carbons (Fsp3) is 0.952. The Bertz CT molecular complexity index is 886. The number of hydrogen-bond donors (Lipinski definition) is 0. The van der Waals surface area contributed by atoms with Crippen molar-refractivity contribution >= 4 is 5.97 Å². The van der Waals surface area contributed by atoms with Crippen LogP contribution in [0.4, 0.5) is 74.6 Å². The molecule has 0 aromatic carbocycles. The zero-order chi connectivity index (χ0) is 33.1. The van der Waals surface area contributed by atoms with Crippen LogP contribution < -0.4 is 0 Å². The van der Waals surface area contributed by atoms with Crippen molar-refractivity contribution < 1.29 is 88.9 Å². The zero-order valence-electron chi connectivity index (χ0n) is 21.1. The van der Waals surface area contributed by atoms with Gasteiger partial charge in [-0.05, 0) is 6.42 Å². The van der Waals surface area contributed by atoms with Crippen molar-refractivity contribution in [3.63, 3.8) is 0 Å². The molecule has 1 aliphatic rings. The largest absolute Gasteiger partial charge is 0.466 e. The maximum Gasteiger partial charge on any atom is 0.453 e. The summed E-state index contributed by atoms with van der Waals surface area (Å²) >= 11 is 0. The monoisotopic (exact) mass is 661 g/mol. The van der Waals surface area contributed by atoms with Crippen LogP contribution in [-0.4, -0.2) is 98.0 Å². The molecule has 42 heavy (non-hydrogen) atoms. The van der Waals surface area contributed by atoms with Crippen LogP contribution in [0.15, 0.2) is 0 Å². The summed E-state index contributed by atoms with van der Waals surface area (Å²) in [5, 5.41) is 0. The fourth-order valence-electron chi connectivity index (χ4n) is 3.39. The molecule has 1 fully saturated rings. The number of carbonyl (C=O) groups is 1. The third-order valence-electron chi connectivity index (χ3n) is 5.99. The first-order valence-electron chi connectivity index (χ1n) is 11.8. The van der Waals surface area contributed by atoms with E-state index in [-0.39, 0.29) is 13.0 Å². The van der Waals surface area contributed by atoms with Crippen LogP contribution >= 0.6 is 0 Å². The molecule has 1 heterocycles. The van der Waals surface area contributed by atoms with Crippen molar-refractivity contribution in [3.05, 3.63) is 0 Å². The quantitative estimate of drug-likeness (QED) is 0.0997. The number of hydrogen-bond acceptors (Lipinski definition) is 4. The van der Waals surface area contributed by atoms with Crippen LogP contribution in [0.2, 0.25) is 0 Å². The Hall–Kier alpha value is -1.80. The van der Waals surface area contributed by atoms with E-state index in [1.54, 1.807) is 4.90 Å². The van der Waals surface area contributed by atoms with Gasteiger partial charge in [-0.2, -0.15) is 74.6 Å². The molecule has 0 aromatic rings. The smallest absolute Gasteiger partial charge is 0.453 e.